The van der Waals surface area contributed by atoms with Gasteiger partial charge in [0, 0.05) is 11.1 Å². The van der Waals surface area contributed by atoms with Crippen molar-refractivity contribution in [2.45, 2.75) is 0 Å². The monoisotopic (exact) mass is 678 g/mol. The molecule has 12 nitrogen and oxygen atoms in total. The van der Waals surface area contributed by atoms with E-state index in [-0.39, 0.29) is 54.3 Å². The van der Waals surface area contributed by atoms with E-state index >= 15 is 0 Å². The number of amides is 2. The first-order chi connectivity index (χ1) is 19.3. The molecule has 2 aromatic heterocycles. The third-order valence-electron chi connectivity index (χ3n) is 4.60. The van der Waals surface area contributed by atoms with Crippen LogP contribution in [-0.4, -0.2) is 58.4 Å². The number of hydrogen-bond acceptors (Lipinski definition) is 8. The van der Waals surface area contributed by atoms with Crippen LogP contribution in [0.15, 0.2) is 60.9 Å². The van der Waals surface area contributed by atoms with Crippen molar-refractivity contribution in [3.63, 3.8) is 0 Å². The Balaban J connectivity index is 0.00000122. The van der Waals surface area contributed by atoms with Crippen LogP contribution < -0.4 is 11.1 Å². The molecule has 2 aromatic carbocycles. The first kappa shape index (κ1) is 38.3. The number of carbonyl (C=O) groups is 2. The predicted octanol–water partition coefficient (Wildman–Crippen LogP) is 4.21. The van der Waals surface area contributed by atoms with Gasteiger partial charge in [-0.1, -0.05) is 36.1 Å². The summed E-state index contributed by atoms with van der Waals surface area (Å²) in [5.41, 5.74) is 18.7. The number of hydrogen-bond donors (Lipinski definition) is 2. The van der Waals surface area contributed by atoms with Gasteiger partial charge in [-0.25, -0.2) is 22.0 Å². The molecule has 2 unspecified atom stereocenters. The molecular weight excluding hydrogens is 656 g/mol. The van der Waals surface area contributed by atoms with Gasteiger partial charge in [-0.3, -0.25) is 9.59 Å². The Bertz CT molecular complexity index is 1380. The van der Waals surface area contributed by atoms with E-state index in [1.165, 1.54) is 0 Å². The maximum Gasteiger partial charge on any atom is 2.00 e. The summed E-state index contributed by atoms with van der Waals surface area (Å²) >= 11 is 0. The first-order valence-corrected chi connectivity index (χ1v) is 13.0. The van der Waals surface area contributed by atoms with Crippen molar-refractivity contribution in [3.8, 4) is 34.4 Å². The molecule has 0 bridgehead atoms. The molecule has 0 aliphatic rings. The Hall–Kier alpha value is -3.67. The fourth-order valence-corrected chi connectivity index (χ4v) is 3.62. The Morgan fingerprint density at radius 1 is 0.714 bits per heavy atom. The topological polar surface area (TPSA) is 192 Å². The van der Waals surface area contributed by atoms with Crippen molar-refractivity contribution < 1.29 is 65.8 Å². The zero-order chi connectivity index (χ0) is 29.3. The maximum absolute atomic E-state index is 10.5. The minimum atomic E-state index is -0.995. The molecule has 0 aliphatic heterocycles. The predicted molar refractivity (Wildman–Crippen MR) is 155 cm³/mol. The fraction of sp³-hybridized carbons (Fsp3) is 0.0769. The summed E-state index contributed by atoms with van der Waals surface area (Å²) in [7, 11) is 2.14. The number of H-pyrrole nitrogens is 2. The van der Waals surface area contributed by atoms with Crippen molar-refractivity contribution in [1.82, 2.24) is 19.9 Å². The molecule has 4 aromatic rings. The molecule has 0 saturated heterocycles. The molecule has 0 aliphatic carbocycles. The third kappa shape index (κ3) is 13.8. The second-order valence-corrected chi connectivity index (χ2v) is 8.99. The summed E-state index contributed by atoms with van der Waals surface area (Å²) < 4.78 is 7.56. The Labute approximate surface area is 269 Å². The molecule has 0 spiro atoms. The van der Waals surface area contributed by atoms with Crippen LogP contribution in [0.3, 0.4) is 0 Å². The number of carbonyl (C=O) groups excluding carboxylic acids is 4. The Morgan fingerprint density at radius 3 is 1.29 bits per heavy atom. The van der Waals surface area contributed by atoms with Crippen LogP contribution in [0.5, 0.6) is 0 Å². The van der Waals surface area contributed by atoms with Crippen molar-refractivity contribution in [1.29, 1.82) is 0 Å². The number of methoxy groups -OCH3 is 2. The van der Waals surface area contributed by atoms with E-state index in [9.17, 15) is 19.2 Å². The standard InChI is InChI=1S/C22H14N4O2P2.2C2H5NO2.2V/c27-13-29-21-23-11-19(25-21)17-7-3-15(4-8-17)1-2-16-5-9-18(10-6-16)20-12-24-22(26-20)30-14-28;2*1-5-2(3)4;;/h3-12,29-30H,(H,23,25)(H,24,26);2*1H3,(H2,3,4);;/q-2;;;2*+2/p-2. The summed E-state index contributed by atoms with van der Waals surface area (Å²) in [6.45, 7) is 0. The van der Waals surface area contributed by atoms with Crippen LogP contribution in [0.1, 0.15) is 11.1 Å². The van der Waals surface area contributed by atoms with Crippen LogP contribution in [0.4, 0.5) is 9.59 Å². The number of aromatic amines is 2. The van der Waals surface area contributed by atoms with Crippen molar-refractivity contribution in [3.05, 3.63) is 83.5 Å². The van der Waals surface area contributed by atoms with Crippen molar-refractivity contribution in [2.75, 3.05) is 14.2 Å². The summed E-state index contributed by atoms with van der Waals surface area (Å²) in [6, 6.07) is 19.4. The van der Waals surface area contributed by atoms with E-state index in [2.05, 4.69) is 41.3 Å². The zero-order valence-corrected chi connectivity index (χ0v) is 26.8. The fourth-order valence-electron chi connectivity index (χ4n) is 2.77. The van der Waals surface area contributed by atoms with E-state index in [0.717, 1.165) is 47.9 Å². The molecule has 212 valence electrons. The zero-order valence-electron chi connectivity index (χ0n) is 22.0. The Kier molecular flexibility index (Phi) is 19.2. The summed E-state index contributed by atoms with van der Waals surface area (Å²) in [4.78, 5) is 54.0. The van der Waals surface area contributed by atoms with Crippen LogP contribution in [0, 0.1) is 11.8 Å². The molecule has 2 heterocycles. The number of nitrogens with one attached hydrogen (secondary N) is 4. The van der Waals surface area contributed by atoms with Crippen LogP contribution >= 0.6 is 17.2 Å². The number of ether oxygens (including phenoxy) is 2. The molecule has 42 heavy (non-hydrogen) atoms. The van der Waals surface area contributed by atoms with E-state index in [1.807, 2.05) is 60.6 Å². The molecule has 0 saturated carbocycles. The molecule has 16 heteroatoms. The molecule has 0 fully saturated rings. The van der Waals surface area contributed by atoms with Gasteiger partial charge in [0.15, 0.2) is 0 Å². The van der Waals surface area contributed by atoms with E-state index in [0.29, 0.717) is 11.1 Å². The minimum absolute atomic E-state index is 0. The van der Waals surface area contributed by atoms with Gasteiger partial charge in [-0.15, -0.1) is 0 Å². The summed E-state index contributed by atoms with van der Waals surface area (Å²) in [5, 5.41) is 0. The molecule has 4 N–H and O–H groups in total. The molecule has 2 atom stereocenters. The Morgan fingerprint density at radius 2 is 1.02 bits per heavy atom. The van der Waals surface area contributed by atoms with Crippen molar-refractivity contribution in [2.24, 2.45) is 0 Å². The average Bonchev–Trinajstić information content (AvgIpc) is 3.64. The van der Waals surface area contributed by atoms with E-state index in [4.69, 9.17) is 11.5 Å². The largest absolute Gasteiger partial charge is 2.00 e. The van der Waals surface area contributed by atoms with Crippen LogP contribution in [0.2, 0.25) is 0 Å². The molecule has 2 amide bonds. The van der Waals surface area contributed by atoms with Gasteiger partial charge in [0.1, 0.15) is 0 Å². The average molecular weight is 678 g/mol. The number of imidazole rings is 2. The molecule has 4 rings (SSSR count). The van der Waals surface area contributed by atoms with E-state index in [1.54, 1.807) is 12.4 Å². The van der Waals surface area contributed by atoms with Gasteiger partial charge in [0.2, 0.25) is 12.2 Å². The van der Waals surface area contributed by atoms with Gasteiger partial charge < -0.3 is 40.5 Å². The maximum atomic E-state index is 10.5. The number of nitrogens with zero attached hydrogens (tertiary/aromatic N) is 2. The molecule has 2 radical (unpaired) electrons. The van der Waals surface area contributed by atoms with Gasteiger partial charge in [0.05, 0.1) is 49.1 Å². The van der Waals surface area contributed by atoms with E-state index < -0.39 is 12.2 Å². The van der Waals surface area contributed by atoms with Crippen molar-refractivity contribution >= 4 is 52.5 Å². The number of aromatic nitrogens is 4. The smallest absolute Gasteiger partial charge is 0.632 e. The SMILES string of the molecule is COC([NH-])=O.COC([NH-])=O.O=[C-]Pc1ncc(-c2ccc(C#Cc3ccc(-c4cnc(P[C-]=O)[nH]4)cc3)cc2)[nH]1.[V+2].[V+2]. The van der Waals surface area contributed by atoms with Gasteiger partial charge in [-0.2, -0.15) is 17.2 Å². The van der Waals surface area contributed by atoms with Crippen LogP contribution in [0.25, 0.3) is 34.0 Å². The first-order valence-electron chi connectivity index (χ1n) is 11.0. The summed E-state index contributed by atoms with van der Waals surface area (Å²) in [6.07, 6.45) is 1.43. The number of rotatable bonds is 6. The number of benzene rings is 2. The summed E-state index contributed by atoms with van der Waals surface area (Å²) in [5.74, 6) is 6.31. The normalized spacial score (nSPS) is 9.48. The van der Waals surface area contributed by atoms with Gasteiger partial charge in [-0.05, 0) is 35.4 Å². The minimum Gasteiger partial charge on any atom is -0.632 e. The molecular formula is C26H22N6O6P2V2. The van der Waals surface area contributed by atoms with Crippen LogP contribution in [-0.2, 0) is 56.2 Å². The second kappa shape index (κ2) is 21.1. The second-order valence-electron chi connectivity index (χ2n) is 7.13. The van der Waals surface area contributed by atoms with Gasteiger partial charge >= 0.3 is 37.1 Å². The quantitative estimate of drug-likeness (QED) is 0.172. The van der Waals surface area contributed by atoms with Gasteiger partial charge in [0.25, 0.3) is 0 Å². The third-order valence-corrected chi connectivity index (χ3v) is 5.79.